The van der Waals surface area contributed by atoms with Crippen LogP contribution < -0.4 is 5.73 Å². The predicted molar refractivity (Wildman–Crippen MR) is 79.1 cm³/mol. The molecular formula is C16H7F3N4O2. The highest BCUT2D eigenvalue weighted by Crippen LogP contribution is 2.27. The Morgan fingerprint density at radius 3 is 2.52 bits per heavy atom. The van der Waals surface area contributed by atoms with Gasteiger partial charge in [0.25, 0.3) is 5.91 Å². The van der Waals surface area contributed by atoms with Crippen LogP contribution in [0.4, 0.5) is 13.2 Å². The normalized spacial score (nSPS) is 10.6. The molecule has 3 N–H and O–H groups in total. The van der Waals surface area contributed by atoms with E-state index in [1.807, 2.05) is 0 Å². The first-order chi connectivity index (χ1) is 11.9. The first-order valence-corrected chi connectivity index (χ1v) is 6.75. The Morgan fingerprint density at radius 2 is 1.88 bits per heavy atom. The van der Waals surface area contributed by atoms with E-state index in [0.717, 1.165) is 24.5 Å². The van der Waals surface area contributed by atoms with Crippen LogP contribution in [0.1, 0.15) is 31.8 Å². The first-order valence-electron chi connectivity index (χ1n) is 6.75. The number of nitrogens with two attached hydrogens (primary N) is 1. The van der Waals surface area contributed by atoms with E-state index in [1.54, 1.807) is 6.07 Å². The van der Waals surface area contributed by atoms with Gasteiger partial charge in [-0.1, -0.05) is 0 Å². The zero-order chi connectivity index (χ0) is 18.3. The van der Waals surface area contributed by atoms with Crippen molar-refractivity contribution in [3.05, 3.63) is 64.2 Å². The number of carbonyl (C=O) groups is 2. The summed E-state index contributed by atoms with van der Waals surface area (Å²) in [4.78, 5) is 30.0. The molecule has 0 fully saturated rings. The van der Waals surface area contributed by atoms with E-state index in [2.05, 4.69) is 9.97 Å². The molecule has 1 amide bonds. The van der Waals surface area contributed by atoms with Gasteiger partial charge in [0.15, 0.2) is 5.82 Å². The molecule has 0 saturated carbocycles. The van der Waals surface area contributed by atoms with E-state index < -0.39 is 45.8 Å². The topological polar surface area (TPSA) is 113 Å². The third-order valence-corrected chi connectivity index (χ3v) is 3.60. The summed E-state index contributed by atoms with van der Waals surface area (Å²) in [7, 11) is 0. The molecule has 9 heteroatoms. The number of nitrogens with one attached hydrogen (secondary N) is 1. The largest absolute Gasteiger partial charge is 0.366 e. The molecule has 0 atom stereocenters. The predicted octanol–water partition coefficient (Wildman–Crippen LogP) is 2.18. The third kappa shape index (κ3) is 2.40. The van der Waals surface area contributed by atoms with Gasteiger partial charge in [0.05, 0.1) is 28.3 Å². The average molecular weight is 344 g/mol. The van der Waals surface area contributed by atoms with Crippen molar-refractivity contribution in [1.29, 1.82) is 5.26 Å². The monoisotopic (exact) mass is 344 g/mol. The molecule has 124 valence electrons. The van der Waals surface area contributed by atoms with Crippen LogP contribution in [0.2, 0.25) is 0 Å². The number of ketones is 1. The first kappa shape index (κ1) is 16.2. The molecule has 0 aliphatic rings. The highest BCUT2D eigenvalue weighted by atomic mass is 19.1. The molecule has 0 aliphatic carbocycles. The summed E-state index contributed by atoms with van der Waals surface area (Å²) >= 11 is 0. The Balaban J connectivity index is 2.30. The average Bonchev–Trinajstić information content (AvgIpc) is 2.98. The van der Waals surface area contributed by atoms with Crippen molar-refractivity contribution >= 4 is 22.7 Å². The summed E-state index contributed by atoms with van der Waals surface area (Å²) in [6, 6.07) is 3.11. The van der Waals surface area contributed by atoms with Gasteiger partial charge in [-0.05, 0) is 12.1 Å². The molecule has 25 heavy (non-hydrogen) atoms. The Labute approximate surface area is 137 Å². The van der Waals surface area contributed by atoms with Crippen molar-refractivity contribution in [2.24, 2.45) is 5.73 Å². The van der Waals surface area contributed by atoms with Gasteiger partial charge in [0.1, 0.15) is 28.9 Å². The third-order valence-electron chi connectivity index (χ3n) is 3.60. The van der Waals surface area contributed by atoms with Crippen molar-refractivity contribution in [2.75, 3.05) is 0 Å². The lowest BCUT2D eigenvalue weighted by molar-refractivity contribution is 0.0996. The fourth-order valence-electron chi connectivity index (χ4n) is 2.45. The van der Waals surface area contributed by atoms with Gasteiger partial charge in [-0.3, -0.25) is 9.59 Å². The lowest BCUT2D eigenvalue weighted by atomic mass is 9.98. The van der Waals surface area contributed by atoms with E-state index in [1.165, 1.54) is 0 Å². The fourth-order valence-corrected chi connectivity index (χ4v) is 2.45. The molecule has 0 unspecified atom stereocenters. The number of carbonyl (C=O) groups excluding carboxylic acids is 2. The van der Waals surface area contributed by atoms with Gasteiger partial charge < -0.3 is 10.7 Å². The second-order valence-electron chi connectivity index (χ2n) is 5.00. The molecule has 6 nitrogen and oxygen atoms in total. The summed E-state index contributed by atoms with van der Waals surface area (Å²) in [5, 5.41) is 8.87. The minimum Gasteiger partial charge on any atom is -0.366 e. The van der Waals surface area contributed by atoms with Crippen LogP contribution in [-0.4, -0.2) is 21.7 Å². The number of aromatic nitrogens is 2. The van der Waals surface area contributed by atoms with Crippen LogP contribution in [0.5, 0.6) is 0 Å². The highest BCUT2D eigenvalue weighted by molar-refractivity contribution is 6.17. The maximum Gasteiger partial charge on any atom is 0.251 e. The summed E-state index contributed by atoms with van der Waals surface area (Å²) in [6.07, 6.45) is 1.83. The number of hydrogen-bond acceptors (Lipinski definition) is 4. The van der Waals surface area contributed by atoms with E-state index >= 15 is 0 Å². The number of halogens is 3. The van der Waals surface area contributed by atoms with Crippen LogP contribution in [0.15, 0.2) is 24.5 Å². The zero-order valence-electron chi connectivity index (χ0n) is 12.2. The minimum atomic E-state index is -1.44. The molecule has 3 aromatic rings. The number of amides is 1. The molecule has 0 spiro atoms. The smallest absolute Gasteiger partial charge is 0.251 e. The Morgan fingerprint density at radius 1 is 1.16 bits per heavy atom. The van der Waals surface area contributed by atoms with E-state index in [4.69, 9.17) is 11.0 Å². The molecule has 1 aromatic carbocycles. The van der Waals surface area contributed by atoms with Crippen molar-refractivity contribution in [3.8, 4) is 6.07 Å². The SMILES string of the molecule is N#Cc1c(F)cnc2[nH]cc(C(=O)c3c(F)ccc(C(N)=O)c3F)c12. The number of H-pyrrole nitrogens is 1. The van der Waals surface area contributed by atoms with Gasteiger partial charge >= 0.3 is 0 Å². The van der Waals surface area contributed by atoms with Gasteiger partial charge in [0, 0.05) is 6.20 Å². The number of aromatic amines is 1. The number of nitrogens with zero attached hydrogens (tertiary/aromatic N) is 2. The number of fused-ring (bicyclic) bond motifs is 1. The maximum atomic E-state index is 14.4. The number of hydrogen-bond donors (Lipinski definition) is 2. The molecular weight excluding hydrogens is 337 g/mol. The molecule has 0 aliphatic heterocycles. The quantitative estimate of drug-likeness (QED) is 0.709. The van der Waals surface area contributed by atoms with E-state index in [-0.39, 0.29) is 16.6 Å². The van der Waals surface area contributed by atoms with E-state index in [9.17, 15) is 22.8 Å². The standard InChI is InChI=1S/C16H7F3N4O2/c17-9-2-1-6(15(21)25)13(19)12(9)14(24)8-4-22-16-11(8)7(3-20)10(18)5-23-16/h1-2,4-5H,(H2,21,25)(H,22,23). The van der Waals surface area contributed by atoms with Gasteiger partial charge in [-0.15, -0.1) is 0 Å². The Hall–Kier alpha value is -3.67. The summed E-state index contributed by atoms with van der Waals surface area (Å²) in [6.45, 7) is 0. The lowest BCUT2D eigenvalue weighted by Gasteiger charge is -2.07. The molecule has 3 rings (SSSR count). The van der Waals surface area contributed by atoms with Crippen molar-refractivity contribution in [2.45, 2.75) is 0 Å². The molecule has 0 radical (unpaired) electrons. The lowest BCUT2D eigenvalue weighted by Crippen LogP contribution is -2.17. The van der Waals surface area contributed by atoms with Crippen molar-refractivity contribution < 1.29 is 22.8 Å². The Kier molecular flexibility index (Phi) is 3.73. The number of rotatable bonds is 3. The number of pyridine rings is 1. The summed E-state index contributed by atoms with van der Waals surface area (Å²) < 4.78 is 42.1. The van der Waals surface area contributed by atoms with Crippen LogP contribution in [0.25, 0.3) is 11.0 Å². The molecule has 0 bridgehead atoms. The van der Waals surface area contributed by atoms with Crippen molar-refractivity contribution in [3.63, 3.8) is 0 Å². The minimum absolute atomic E-state index is 0.00632. The number of primary amides is 1. The maximum absolute atomic E-state index is 14.4. The zero-order valence-corrected chi connectivity index (χ0v) is 12.2. The second kappa shape index (κ2) is 5.76. The van der Waals surface area contributed by atoms with E-state index in [0.29, 0.717) is 0 Å². The van der Waals surface area contributed by atoms with Gasteiger partial charge in [0.2, 0.25) is 5.78 Å². The second-order valence-corrected chi connectivity index (χ2v) is 5.00. The number of nitriles is 1. The summed E-state index contributed by atoms with van der Waals surface area (Å²) in [5.41, 5.74) is 2.41. The molecule has 2 aromatic heterocycles. The summed E-state index contributed by atoms with van der Waals surface area (Å²) in [5.74, 6) is -6.03. The highest BCUT2D eigenvalue weighted by Gasteiger charge is 2.27. The Bertz CT molecular complexity index is 1100. The van der Waals surface area contributed by atoms with Crippen molar-refractivity contribution in [1.82, 2.24) is 9.97 Å². The fraction of sp³-hybridized carbons (Fsp3) is 0. The van der Waals surface area contributed by atoms with Crippen LogP contribution in [-0.2, 0) is 0 Å². The van der Waals surface area contributed by atoms with Crippen LogP contribution in [0.3, 0.4) is 0 Å². The van der Waals surface area contributed by atoms with Gasteiger partial charge in [-0.25, -0.2) is 18.2 Å². The number of benzene rings is 1. The van der Waals surface area contributed by atoms with Crippen LogP contribution in [0, 0.1) is 28.8 Å². The molecule has 2 heterocycles. The van der Waals surface area contributed by atoms with Crippen LogP contribution >= 0.6 is 0 Å². The van der Waals surface area contributed by atoms with Gasteiger partial charge in [-0.2, -0.15) is 5.26 Å². The molecule has 0 saturated heterocycles.